The molecule has 0 aliphatic rings. The van der Waals surface area contributed by atoms with E-state index in [0.717, 1.165) is 24.3 Å². The van der Waals surface area contributed by atoms with E-state index in [2.05, 4.69) is 13.8 Å². The van der Waals surface area contributed by atoms with Crippen molar-refractivity contribution in [1.82, 2.24) is 4.90 Å². The SMILES string of the molecule is CCCCCCCCCCCCSC(C)C(=O)OCCOC(=O)CCN(CCSCC(C)C(=O)OCCOC(=O)CCC)CCC(=O)OCCOC(=O)C(C)SCCCCCCCCCCCC. The number of esters is 6. The average Bonchev–Trinajstić information content (AvgIpc) is 3.32. The van der Waals surface area contributed by atoms with Crippen molar-refractivity contribution >= 4 is 71.1 Å². The van der Waals surface area contributed by atoms with E-state index in [0.29, 0.717) is 44.0 Å². The number of carbonyl (C=O) groups excluding carboxylic acids is 6. The minimum atomic E-state index is -0.445. The number of unbranched alkanes of at least 4 members (excludes halogenated alkanes) is 18. The fourth-order valence-corrected chi connectivity index (χ4v) is 9.78. The zero-order chi connectivity index (χ0) is 50.3. The average molecular weight is 1020 g/mol. The first-order chi connectivity index (χ1) is 32.9. The van der Waals surface area contributed by atoms with E-state index in [1.54, 1.807) is 42.2 Å². The number of rotatable bonds is 49. The zero-order valence-electron chi connectivity index (χ0n) is 43.5. The Kier molecular flexibility index (Phi) is 46.9. The predicted molar refractivity (Wildman–Crippen MR) is 280 cm³/mol. The molecule has 0 saturated carbocycles. The van der Waals surface area contributed by atoms with Gasteiger partial charge in [-0.2, -0.15) is 11.8 Å². The standard InChI is InChI=1S/C52H95NO12S3/c1-7-10-12-14-16-18-20-22-24-26-40-67-45(5)51(58)64-38-35-61-48(55)29-31-53(33-42-66-43-44(4)50(57)63-37-34-60-47(54)28-9-3)32-30-49(56)62-36-39-65-52(59)46(6)68-41-27-25-23-21-19-17-15-13-11-8-2/h44-46H,7-43H2,1-6H3. The Balaban J connectivity index is 4.64. The van der Waals surface area contributed by atoms with Crippen molar-refractivity contribution in [2.75, 3.05) is 82.3 Å². The molecule has 0 amide bonds. The number of ether oxygens (including phenoxy) is 6. The van der Waals surface area contributed by atoms with Crippen LogP contribution in [0, 0.1) is 5.92 Å². The molecule has 0 aliphatic heterocycles. The Hall–Kier alpha value is -2.17. The smallest absolute Gasteiger partial charge is 0.318 e. The molecule has 16 heteroatoms. The first kappa shape index (κ1) is 65.8. The summed E-state index contributed by atoms with van der Waals surface area (Å²) in [5.74, 6) is 0.337. The van der Waals surface area contributed by atoms with E-state index in [-0.39, 0.29) is 92.8 Å². The normalized spacial score (nSPS) is 12.6. The molecular weight excluding hydrogens is 927 g/mol. The molecule has 3 unspecified atom stereocenters. The van der Waals surface area contributed by atoms with Crippen molar-refractivity contribution in [1.29, 1.82) is 0 Å². The molecule has 0 aromatic rings. The van der Waals surface area contributed by atoms with E-state index in [4.69, 9.17) is 28.4 Å². The van der Waals surface area contributed by atoms with E-state index in [9.17, 15) is 28.8 Å². The van der Waals surface area contributed by atoms with Gasteiger partial charge in [0.25, 0.3) is 0 Å². The lowest BCUT2D eigenvalue weighted by atomic mass is 10.1. The summed E-state index contributed by atoms with van der Waals surface area (Å²) in [5.41, 5.74) is 0. The van der Waals surface area contributed by atoms with Crippen LogP contribution in [0.1, 0.15) is 196 Å². The summed E-state index contributed by atoms with van der Waals surface area (Å²) in [6.45, 7) is 12.9. The molecule has 0 radical (unpaired) electrons. The minimum Gasteiger partial charge on any atom is -0.462 e. The van der Waals surface area contributed by atoms with Crippen molar-refractivity contribution in [3.05, 3.63) is 0 Å². The maximum absolute atomic E-state index is 12.7. The maximum Gasteiger partial charge on any atom is 0.318 e. The molecule has 0 bridgehead atoms. The van der Waals surface area contributed by atoms with Crippen LogP contribution < -0.4 is 0 Å². The first-order valence-corrected chi connectivity index (χ1v) is 29.7. The summed E-state index contributed by atoms with van der Waals surface area (Å²) in [7, 11) is 0. The zero-order valence-corrected chi connectivity index (χ0v) is 45.9. The van der Waals surface area contributed by atoms with Gasteiger partial charge in [-0.15, -0.1) is 23.5 Å². The van der Waals surface area contributed by atoms with Crippen LogP contribution in [-0.4, -0.2) is 134 Å². The Labute approximate surface area is 425 Å². The van der Waals surface area contributed by atoms with E-state index in [1.807, 2.05) is 25.7 Å². The van der Waals surface area contributed by atoms with Crippen molar-refractivity contribution in [2.45, 2.75) is 206 Å². The third kappa shape index (κ3) is 42.7. The predicted octanol–water partition coefficient (Wildman–Crippen LogP) is 11.6. The summed E-state index contributed by atoms with van der Waals surface area (Å²) in [4.78, 5) is 76.3. The van der Waals surface area contributed by atoms with Crippen LogP contribution in [0.4, 0.5) is 0 Å². The fourth-order valence-electron chi connectivity index (χ4n) is 6.88. The van der Waals surface area contributed by atoms with Crippen molar-refractivity contribution in [2.24, 2.45) is 5.92 Å². The van der Waals surface area contributed by atoms with Gasteiger partial charge in [0.05, 0.1) is 29.3 Å². The van der Waals surface area contributed by atoms with E-state index >= 15 is 0 Å². The van der Waals surface area contributed by atoms with Crippen molar-refractivity contribution in [3.8, 4) is 0 Å². The number of nitrogens with zero attached hydrogens (tertiary/aromatic N) is 1. The van der Waals surface area contributed by atoms with Gasteiger partial charge in [0.2, 0.25) is 0 Å². The molecule has 13 nitrogen and oxygen atoms in total. The lowest BCUT2D eigenvalue weighted by Gasteiger charge is -2.22. The van der Waals surface area contributed by atoms with Gasteiger partial charge in [0.1, 0.15) is 39.6 Å². The highest BCUT2D eigenvalue weighted by Gasteiger charge is 2.19. The third-order valence-electron chi connectivity index (χ3n) is 11.2. The quantitative estimate of drug-likeness (QED) is 0.0321. The van der Waals surface area contributed by atoms with E-state index in [1.165, 1.54) is 116 Å². The Morgan fingerprint density at radius 2 is 0.721 bits per heavy atom. The van der Waals surface area contributed by atoms with Crippen molar-refractivity contribution in [3.63, 3.8) is 0 Å². The second-order valence-electron chi connectivity index (χ2n) is 17.6. The second kappa shape index (κ2) is 48.5. The lowest BCUT2D eigenvalue weighted by molar-refractivity contribution is -0.154. The molecule has 398 valence electrons. The molecule has 3 atom stereocenters. The van der Waals surface area contributed by atoms with Gasteiger partial charge in [-0.25, -0.2) is 0 Å². The van der Waals surface area contributed by atoms with Gasteiger partial charge in [-0.3, -0.25) is 28.8 Å². The topological polar surface area (TPSA) is 161 Å². The van der Waals surface area contributed by atoms with Crippen LogP contribution >= 0.6 is 35.3 Å². The Bertz CT molecular complexity index is 1210. The van der Waals surface area contributed by atoms with Gasteiger partial charge in [0, 0.05) is 37.6 Å². The maximum atomic E-state index is 12.7. The van der Waals surface area contributed by atoms with Gasteiger partial charge < -0.3 is 33.3 Å². The van der Waals surface area contributed by atoms with Gasteiger partial charge in [-0.05, 0) is 44.6 Å². The summed E-state index contributed by atoms with van der Waals surface area (Å²) >= 11 is 4.73. The third-order valence-corrected chi connectivity index (χ3v) is 14.8. The Morgan fingerprint density at radius 1 is 0.382 bits per heavy atom. The van der Waals surface area contributed by atoms with Gasteiger partial charge in [-0.1, -0.05) is 143 Å². The molecule has 0 rings (SSSR count). The molecule has 0 heterocycles. The summed E-state index contributed by atoms with van der Waals surface area (Å²) < 4.78 is 31.8. The van der Waals surface area contributed by atoms with Crippen LogP contribution in [0.15, 0.2) is 0 Å². The van der Waals surface area contributed by atoms with Crippen LogP contribution in [0.5, 0.6) is 0 Å². The van der Waals surface area contributed by atoms with E-state index < -0.39 is 11.9 Å². The monoisotopic (exact) mass is 1020 g/mol. The molecule has 0 aromatic carbocycles. The molecule has 0 N–H and O–H groups in total. The molecule has 0 aromatic heterocycles. The van der Waals surface area contributed by atoms with Crippen LogP contribution in [0.25, 0.3) is 0 Å². The molecule has 0 aliphatic carbocycles. The highest BCUT2D eigenvalue weighted by molar-refractivity contribution is 8.00. The number of thioether (sulfide) groups is 3. The van der Waals surface area contributed by atoms with Gasteiger partial charge in [0.15, 0.2) is 0 Å². The number of hydrogen-bond donors (Lipinski definition) is 0. The molecule has 0 saturated heterocycles. The molecule has 0 spiro atoms. The highest BCUT2D eigenvalue weighted by Crippen LogP contribution is 2.19. The molecule has 68 heavy (non-hydrogen) atoms. The molecule has 0 fully saturated rings. The summed E-state index contributed by atoms with van der Waals surface area (Å²) in [5, 5.41) is -0.575. The number of carbonyl (C=O) groups is 6. The molecular formula is C52H95NO12S3. The first-order valence-electron chi connectivity index (χ1n) is 26.4. The Morgan fingerprint density at radius 3 is 1.10 bits per heavy atom. The summed E-state index contributed by atoms with van der Waals surface area (Å²) in [6, 6.07) is 0. The van der Waals surface area contributed by atoms with Crippen molar-refractivity contribution < 1.29 is 57.2 Å². The second-order valence-corrected chi connectivity index (χ2v) is 21.7. The number of hydrogen-bond acceptors (Lipinski definition) is 16. The van der Waals surface area contributed by atoms with Gasteiger partial charge >= 0.3 is 35.8 Å². The summed E-state index contributed by atoms with van der Waals surface area (Å²) in [6.07, 6.45) is 26.6. The van der Waals surface area contributed by atoms with Crippen LogP contribution in [0.3, 0.4) is 0 Å². The lowest BCUT2D eigenvalue weighted by Crippen LogP contribution is -2.32. The van der Waals surface area contributed by atoms with Crippen LogP contribution in [-0.2, 0) is 57.2 Å². The fraction of sp³-hybridized carbons (Fsp3) is 0.885. The highest BCUT2D eigenvalue weighted by atomic mass is 32.2. The van der Waals surface area contributed by atoms with Crippen LogP contribution in [0.2, 0.25) is 0 Å². The largest absolute Gasteiger partial charge is 0.462 e. The minimum absolute atomic E-state index is 0.00344.